The minimum absolute atomic E-state index is 0.253. The summed E-state index contributed by atoms with van der Waals surface area (Å²) in [5.41, 5.74) is 0. The van der Waals surface area contributed by atoms with Crippen LogP contribution in [0.15, 0.2) is 0 Å². The fourth-order valence-electron chi connectivity index (χ4n) is 0.0445. The van der Waals surface area contributed by atoms with Gasteiger partial charge in [0.15, 0.2) is 0 Å². The molecule has 0 aromatic rings. The zero-order chi connectivity index (χ0) is 4.99. The summed E-state index contributed by atoms with van der Waals surface area (Å²) in [6.07, 6.45) is -0.485. The van der Waals surface area contributed by atoms with Crippen molar-refractivity contribution in [3.05, 3.63) is 0 Å². The summed E-state index contributed by atoms with van der Waals surface area (Å²) < 4.78 is 0. The van der Waals surface area contributed by atoms with Gasteiger partial charge in [-0.05, 0) is 0 Å². The van der Waals surface area contributed by atoms with Crippen LogP contribution in [0.2, 0.25) is 0 Å². The maximum Gasteiger partial charge on any atom is 0.0774 e. The highest BCUT2D eigenvalue weighted by atomic mass is 35.5. The second kappa shape index (κ2) is 3.78. The highest BCUT2D eigenvalue weighted by Crippen LogP contribution is 1.87. The van der Waals surface area contributed by atoms with Crippen LogP contribution in [0.3, 0.4) is 0 Å². The van der Waals surface area contributed by atoms with Crippen molar-refractivity contribution in [2.75, 3.05) is 11.6 Å². The van der Waals surface area contributed by atoms with E-state index < -0.39 is 6.10 Å². The average molecular weight is 126 g/mol. The van der Waals surface area contributed by atoms with Crippen molar-refractivity contribution in [1.29, 1.82) is 0 Å². The Morgan fingerprint density at radius 1 is 1.83 bits per heavy atom. The van der Waals surface area contributed by atoms with Crippen molar-refractivity contribution in [2.45, 2.75) is 6.10 Å². The van der Waals surface area contributed by atoms with E-state index in [1.54, 1.807) is 0 Å². The van der Waals surface area contributed by atoms with E-state index in [9.17, 15) is 0 Å². The third-order valence-electron chi connectivity index (χ3n) is 0.371. The molecule has 0 rings (SSSR count). The molecule has 1 nitrogen and oxygen atoms in total. The third-order valence-corrected chi connectivity index (χ3v) is 1.11. The van der Waals surface area contributed by atoms with Gasteiger partial charge in [0.1, 0.15) is 0 Å². The first kappa shape index (κ1) is 6.60. The van der Waals surface area contributed by atoms with Crippen LogP contribution in [0.4, 0.5) is 0 Å². The van der Waals surface area contributed by atoms with E-state index in [2.05, 4.69) is 12.6 Å². The van der Waals surface area contributed by atoms with Crippen molar-refractivity contribution in [2.24, 2.45) is 0 Å². The smallest absolute Gasteiger partial charge is 0.0774 e. The fraction of sp³-hybridized carbons (Fsp3) is 1.00. The third kappa shape index (κ3) is 2.82. The second-order valence-electron chi connectivity index (χ2n) is 0.975. The molecular formula is C3H6ClOS. The Labute approximate surface area is 47.7 Å². The van der Waals surface area contributed by atoms with E-state index in [4.69, 9.17) is 16.7 Å². The van der Waals surface area contributed by atoms with Gasteiger partial charge in [-0.1, -0.05) is 12.6 Å². The molecule has 0 aliphatic heterocycles. The molecule has 37 valence electrons. The molecule has 0 saturated carbocycles. The molecule has 1 unspecified atom stereocenters. The molecule has 0 spiro atoms. The van der Waals surface area contributed by atoms with E-state index in [0.29, 0.717) is 5.75 Å². The largest absolute Gasteiger partial charge is 0.391 e. The summed E-state index contributed by atoms with van der Waals surface area (Å²) >= 11 is 9.57. The molecule has 0 bridgehead atoms. The topological polar surface area (TPSA) is 20.2 Å². The molecule has 3 heteroatoms. The zero-order valence-corrected chi connectivity index (χ0v) is 4.80. The Morgan fingerprint density at radius 3 is 2.33 bits per heavy atom. The molecular weight excluding hydrogens is 120 g/mol. The molecule has 0 amide bonds. The van der Waals surface area contributed by atoms with Crippen LogP contribution in [-0.4, -0.2) is 22.8 Å². The Kier molecular flexibility index (Phi) is 4.16. The first-order valence-corrected chi connectivity index (χ1v) is 2.74. The van der Waals surface area contributed by atoms with Crippen molar-refractivity contribution in [3.8, 4) is 0 Å². The summed E-state index contributed by atoms with van der Waals surface area (Å²) in [7, 11) is 0. The predicted octanol–water partition coefficient (Wildman–Crippen LogP) is 0.784. The Balaban J connectivity index is 2.75. The first-order valence-electron chi connectivity index (χ1n) is 1.63. The summed E-state index contributed by atoms with van der Waals surface area (Å²) in [5, 5.41) is 8.43. The lowest BCUT2D eigenvalue weighted by molar-refractivity contribution is 0.224. The van der Waals surface area contributed by atoms with Crippen LogP contribution < -0.4 is 0 Å². The molecule has 0 saturated heterocycles. The van der Waals surface area contributed by atoms with E-state index in [1.165, 1.54) is 0 Å². The predicted molar refractivity (Wildman–Crippen MR) is 29.2 cm³/mol. The van der Waals surface area contributed by atoms with Crippen LogP contribution in [0, 0.1) is 0 Å². The molecule has 0 aromatic carbocycles. The van der Waals surface area contributed by atoms with Crippen molar-refractivity contribution in [3.63, 3.8) is 0 Å². The number of aliphatic hydroxyl groups is 1. The molecule has 0 aromatic heterocycles. The molecule has 6 heavy (non-hydrogen) atoms. The standard InChI is InChI=1S/C3H6ClOS/c4-1-3(5)2-6/h3,5H,1-2H2. The number of alkyl halides is 1. The van der Waals surface area contributed by atoms with Crippen molar-refractivity contribution >= 4 is 24.2 Å². The van der Waals surface area contributed by atoms with Gasteiger partial charge in [-0.25, -0.2) is 0 Å². The molecule has 0 aliphatic rings. The van der Waals surface area contributed by atoms with Gasteiger partial charge in [0, 0.05) is 11.6 Å². The molecule has 1 atom stereocenters. The normalized spacial score (nSPS) is 14.5. The highest BCUT2D eigenvalue weighted by Gasteiger charge is 1.94. The Morgan fingerprint density at radius 2 is 2.33 bits per heavy atom. The van der Waals surface area contributed by atoms with E-state index in [0.717, 1.165) is 0 Å². The van der Waals surface area contributed by atoms with E-state index >= 15 is 0 Å². The number of rotatable bonds is 2. The molecule has 0 fully saturated rings. The zero-order valence-electron chi connectivity index (χ0n) is 3.22. The number of halogens is 1. The van der Waals surface area contributed by atoms with Gasteiger partial charge in [0.2, 0.25) is 0 Å². The highest BCUT2D eigenvalue weighted by molar-refractivity contribution is 7.80. The lowest BCUT2D eigenvalue weighted by atomic mass is 10.5. The minimum atomic E-state index is -0.485. The number of hydrogen-bond donors (Lipinski definition) is 1. The summed E-state index contributed by atoms with van der Waals surface area (Å²) in [5.74, 6) is 0.590. The van der Waals surface area contributed by atoms with Crippen LogP contribution in [0.5, 0.6) is 0 Å². The first-order chi connectivity index (χ1) is 2.81. The summed E-state index contributed by atoms with van der Waals surface area (Å²) in [6.45, 7) is 0. The quantitative estimate of drug-likeness (QED) is 0.541. The van der Waals surface area contributed by atoms with Gasteiger partial charge >= 0.3 is 0 Å². The van der Waals surface area contributed by atoms with Crippen molar-refractivity contribution < 1.29 is 5.11 Å². The van der Waals surface area contributed by atoms with Gasteiger partial charge in [0.05, 0.1) is 6.10 Å². The number of aliphatic hydroxyl groups excluding tert-OH is 1. The summed E-state index contributed by atoms with van der Waals surface area (Å²) in [4.78, 5) is 0. The fourth-order valence-corrected chi connectivity index (χ4v) is 0.401. The van der Waals surface area contributed by atoms with Gasteiger partial charge in [-0.15, -0.1) is 11.6 Å². The summed E-state index contributed by atoms with van der Waals surface area (Å²) in [6, 6.07) is 0. The van der Waals surface area contributed by atoms with Crippen LogP contribution in [-0.2, 0) is 0 Å². The monoisotopic (exact) mass is 125 g/mol. The Bertz CT molecular complexity index is 30.0. The SMILES string of the molecule is OC(C[S])CCl. The van der Waals surface area contributed by atoms with Gasteiger partial charge in [0.25, 0.3) is 0 Å². The maximum absolute atomic E-state index is 8.43. The molecule has 1 N–H and O–H groups in total. The average Bonchev–Trinajstić information content (AvgIpc) is 1.65. The molecule has 0 heterocycles. The van der Waals surface area contributed by atoms with Gasteiger partial charge in [-0.3, -0.25) is 0 Å². The van der Waals surface area contributed by atoms with Crippen molar-refractivity contribution in [1.82, 2.24) is 0 Å². The minimum Gasteiger partial charge on any atom is -0.391 e. The van der Waals surface area contributed by atoms with Gasteiger partial charge < -0.3 is 5.11 Å². The van der Waals surface area contributed by atoms with E-state index in [1.807, 2.05) is 0 Å². The second-order valence-corrected chi connectivity index (χ2v) is 1.62. The Hall–Kier alpha value is 0.600. The van der Waals surface area contributed by atoms with Gasteiger partial charge in [-0.2, -0.15) is 0 Å². The van der Waals surface area contributed by atoms with Crippen LogP contribution in [0.25, 0.3) is 0 Å². The van der Waals surface area contributed by atoms with Crippen LogP contribution >= 0.6 is 24.2 Å². The lowest BCUT2D eigenvalue weighted by Gasteiger charge is -1.95. The molecule has 1 radical (unpaired) electrons. The maximum atomic E-state index is 8.43. The van der Waals surface area contributed by atoms with E-state index in [-0.39, 0.29) is 5.88 Å². The lowest BCUT2D eigenvalue weighted by Crippen LogP contribution is -2.08. The molecule has 0 aliphatic carbocycles. The number of hydrogen-bond acceptors (Lipinski definition) is 1. The van der Waals surface area contributed by atoms with Crippen LogP contribution in [0.1, 0.15) is 0 Å².